The van der Waals surface area contributed by atoms with Crippen LogP contribution < -0.4 is 9.46 Å². The minimum atomic E-state index is -3.40. The van der Waals surface area contributed by atoms with Gasteiger partial charge in [0, 0.05) is 6.54 Å². The van der Waals surface area contributed by atoms with E-state index in [9.17, 15) is 8.42 Å². The van der Waals surface area contributed by atoms with Gasteiger partial charge >= 0.3 is 0 Å². The van der Waals surface area contributed by atoms with E-state index in [1.54, 1.807) is 32.2 Å². The maximum atomic E-state index is 12.1. The predicted octanol–water partition coefficient (Wildman–Crippen LogP) is 2.47. The van der Waals surface area contributed by atoms with Crippen LogP contribution in [0.3, 0.4) is 0 Å². The molecule has 1 rings (SSSR count). The average Bonchev–Trinajstić information content (AvgIpc) is 2.34. The second-order valence-corrected chi connectivity index (χ2v) is 5.97. The number of methoxy groups -OCH3 is 1. The molecule has 102 valence electrons. The first-order valence-electron chi connectivity index (χ1n) is 6.15. The van der Waals surface area contributed by atoms with Gasteiger partial charge in [0.25, 0.3) is 0 Å². The molecule has 0 radical (unpaired) electrons. The van der Waals surface area contributed by atoms with Crippen molar-refractivity contribution in [2.24, 2.45) is 0 Å². The quantitative estimate of drug-likeness (QED) is 0.775. The maximum Gasteiger partial charge on any atom is 0.240 e. The second-order valence-electron chi connectivity index (χ2n) is 4.24. The van der Waals surface area contributed by atoms with Gasteiger partial charge in [0.1, 0.15) is 5.75 Å². The first-order valence-corrected chi connectivity index (χ1v) is 7.64. The van der Waals surface area contributed by atoms with E-state index in [0.29, 0.717) is 22.8 Å². The van der Waals surface area contributed by atoms with Crippen LogP contribution in [0, 0.1) is 6.92 Å². The highest BCUT2D eigenvalue weighted by Gasteiger charge is 2.16. The van der Waals surface area contributed by atoms with E-state index in [2.05, 4.69) is 11.6 Å². The van der Waals surface area contributed by atoms with Gasteiger partial charge in [0.05, 0.1) is 12.0 Å². The first kappa shape index (κ1) is 15.0. The van der Waals surface area contributed by atoms with E-state index in [1.165, 1.54) is 0 Å². The fourth-order valence-electron chi connectivity index (χ4n) is 1.71. The van der Waals surface area contributed by atoms with Crippen molar-refractivity contribution in [3.8, 4) is 5.75 Å². The molecule has 0 atom stereocenters. The molecule has 0 aliphatic carbocycles. The van der Waals surface area contributed by atoms with Crippen molar-refractivity contribution in [3.63, 3.8) is 0 Å². The summed E-state index contributed by atoms with van der Waals surface area (Å²) in [7, 11) is -1.84. The van der Waals surface area contributed by atoms with Crippen LogP contribution in [0.25, 0.3) is 0 Å². The highest BCUT2D eigenvalue weighted by molar-refractivity contribution is 7.89. The van der Waals surface area contributed by atoms with E-state index in [4.69, 9.17) is 4.74 Å². The molecule has 0 aromatic heterocycles. The molecule has 1 aromatic rings. The third-order valence-electron chi connectivity index (χ3n) is 2.74. The Balaban J connectivity index is 2.78. The largest absolute Gasteiger partial charge is 0.497 e. The van der Waals surface area contributed by atoms with Gasteiger partial charge in [-0.25, -0.2) is 13.1 Å². The Kier molecular flexibility index (Phi) is 5.62. The fraction of sp³-hybridized carbons (Fsp3) is 0.538. The molecule has 0 aliphatic heterocycles. The summed E-state index contributed by atoms with van der Waals surface area (Å²) in [5.74, 6) is 0.664. The highest BCUT2D eigenvalue weighted by Crippen LogP contribution is 2.20. The van der Waals surface area contributed by atoms with E-state index in [1.807, 2.05) is 0 Å². The van der Waals surface area contributed by atoms with Crippen molar-refractivity contribution in [2.75, 3.05) is 13.7 Å². The van der Waals surface area contributed by atoms with Gasteiger partial charge in [-0.05, 0) is 37.1 Å². The summed E-state index contributed by atoms with van der Waals surface area (Å²) in [5.41, 5.74) is 0.692. The van der Waals surface area contributed by atoms with Crippen LogP contribution in [0.5, 0.6) is 5.75 Å². The average molecular weight is 271 g/mol. The molecule has 18 heavy (non-hydrogen) atoms. The summed E-state index contributed by atoms with van der Waals surface area (Å²) in [5, 5.41) is 0. The minimum Gasteiger partial charge on any atom is -0.497 e. The summed E-state index contributed by atoms with van der Waals surface area (Å²) in [6.45, 7) is 4.34. The van der Waals surface area contributed by atoms with Crippen LogP contribution in [0.4, 0.5) is 0 Å². The molecule has 0 spiro atoms. The van der Waals surface area contributed by atoms with Gasteiger partial charge < -0.3 is 4.74 Å². The summed E-state index contributed by atoms with van der Waals surface area (Å²) in [4.78, 5) is 0.319. The summed E-state index contributed by atoms with van der Waals surface area (Å²) in [6.07, 6.45) is 2.97. The van der Waals surface area contributed by atoms with Crippen molar-refractivity contribution < 1.29 is 13.2 Å². The zero-order valence-electron chi connectivity index (χ0n) is 11.2. The number of benzene rings is 1. The van der Waals surface area contributed by atoms with E-state index in [-0.39, 0.29) is 0 Å². The number of unbranched alkanes of at least 4 members (excludes halogenated alkanes) is 2. The summed E-state index contributed by atoms with van der Waals surface area (Å²) < 4.78 is 31.8. The molecule has 0 amide bonds. The lowest BCUT2D eigenvalue weighted by Crippen LogP contribution is -2.25. The lowest BCUT2D eigenvalue weighted by molar-refractivity contribution is 0.414. The molecule has 4 nitrogen and oxygen atoms in total. The first-order chi connectivity index (χ1) is 8.51. The summed E-state index contributed by atoms with van der Waals surface area (Å²) in [6, 6.07) is 4.96. The number of sulfonamides is 1. The predicted molar refractivity (Wildman–Crippen MR) is 72.4 cm³/mol. The zero-order chi connectivity index (χ0) is 13.6. The lowest BCUT2D eigenvalue weighted by Gasteiger charge is -2.10. The molecule has 0 fully saturated rings. The Hall–Kier alpha value is -1.07. The van der Waals surface area contributed by atoms with Crippen LogP contribution in [-0.2, 0) is 10.0 Å². The molecule has 5 heteroatoms. The fourth-order valence-corrected chi connectivity index (χ4v) is 3.01. The van der Waals surface area contributed by atoms with Gasteiger partial charge in [0.15, 0.2) is 0 Å². The monoisotopic (exact) mass is 271 g/mol. The van der Waals surface area contributed by atoms with Crippen molar-refractivity contribution in [1.29, 1.82) is 0 Å². The molecule has 1 aromatic carbocycles. The van der Waals surface area contributed by atoms with Crippen LogP contribution in [-0.4, -0.2) is 22.1 Å². The van der Waals surface area contributed by atoms with Gasteiger partial charge in [-0.15, -0.1) is 0 Å². The Bertz CT molecular complexity index is 483. The zero-order valence-corrected chi connectivity index (χ0v) is 12.0. The Morgan fingerprint density at radius 2 is 2.00 bits per heavy atom. The Labute approximate surface area is 109 Å². The number of ether oxygens (including phenoxy) is 1. The van der Waals surface area contributed by atoms with Crippen LogP contribution >= 0.6 is 0 Å². The number of nitrogens with one attached hydrogen (secondary N) is 1. The molecule has 0 saturated carbocycles. The smallest absolute Gasteiger partial charge is 0.240 e. The van der Waals surface area contributed by atoms with E-state index < -0.39 is 10.0 Å². The van der Waals surface area contributed by atoms with Gasteiger partial charge in [-0.1, -0.05) is 19.8 Å². The standard InChI is InChI=1S/C13H21NO3S/c1-4-5-6-9-14-18(15,16)13-8-7-12(17-3)10-11(13)2/h7-8,10,14H,4-6,9H2,1-3H3. The van der Waals surface area contributed by atoms with Crippen LogP contribution in [0.2, 0.25) is 0 Å². The van der Waals surface area contributed by atoms with Gasteiger partial charge in [-0.3, -0.25) is 0 Å². The molecule has 0 aliphatic rings. The van der Waals surface area contributed by atoms with Crippen molar-refractivity contribution in [3.05, 3.63) is 23.8 Å². The van der Waals surface area contributed by atoms with E-state index in [0.717, 1.165) is 19.3 Å². The third-order valence-corrected chi connectivity index (χ3v) is 4.37. The maximum absolute atomic E-state index is 12.1. The van der Waals surface area contributed by atoms with Gasteiger partial charge in [0.2, 0.25) is 10.0 Å². The van der Waals surface area contributed by atoms with Crippen LogP contribution in [0.15, 0.2) is 23.1 Å². The minimum absolute atomic E-state index is 0.319. The molecule has 1 N–H and O–H groups in total. The number of aryl methyl sites for hydroxylation is 1. The Morgan fingerprint density at radius 1 is 1.28 bits per heavy atom. The topological polar surface area (TPSA) is 55.4 Å². The number of hydrogen-bond donors (Lipinski definition) is 1. The molecule has 0 heterocycles. The van der Waals surface area contributed by atoms with Crippen molar-refractivity contribution >= 4 is 10.0 Å². The van der Waals surface area contributed by atoms with Crippen LogP contribution in [0.1, 0.15) is 31.7 Å². The summed E-state index contributed by atoms with van der Waals surface area (Å²) >= 11 is 0. The number of hydrogen-bond acceptors (Lipinski definition) is 3. The molecule has 0 unspecified atom stereocenters. The molecule has 0 bridgehead atoms. The normalized spacial score (nSPS) is 11.5. The lowest BCUT2D eigenvalue weighted by atomic mass is 10.2. The third kappa shape index (κ3) is 3.99. The van der Waals surface area contributed by atoms with Crippen molar-refractivity contribution in [1.82, 2.24) is 4.72 Å². The highest BCUT2D eigenvalue weighted by atomic mass is 32.2. The van der Waals surface area contributed by atoms with Gasteiger partial charge in [-0.2, -0.15) is 0 Å². The van der Waals surface area contributed by atoms with Crippen molar-refractivity contribution in [2.45, 2.75) is 38.0 Å². The SMILES string of the molecule is CCCCCNS(=O)(=O)c1ccc(OC)cc1C. The molecular formula is C13H21NO3S. The number of rotatable bonds is 7. The second kappa shape index (κ2) is 6.75. The molecular weight excluding hydrogens is 250 g/mol. The molecule has 0 saturated heterocycles. The van der Waals surface area contributed by atoms with E-state index >= 15 is 0 Å². The Morgan fingerprint density at radius 3 is 2.56 bits per heavy atom.